The summed E-state index contributed by atoms with van der Waals surface area (Å²) in [6, 6.07) is 15.0. The first-order valence-electron chi connectivity index (χ1n) is 6.79. The smallest absolute Gasteiger partial charge is 0.224 e. The highest BCUT2D eigenvalue weighted by molar-refractivity contribution is 5.78. The number of carbonyl (C=O) groups is 1. The Kier molecular flexibility index (Phi) is 5.35. The molecular weight excluding hydrogens is 266 g/mol. The second-order valence-corrected chi connectivity index (χ2v) is 4.78. The first-order chi connectivity index (χ1) is 10.2. The van der Waals surface area contributed by atoms with E-state index < -0.39 is 0 Å². The van der Waals surface area contributed by atoms with Gasteiger partial charge in [0.05, 0.1) is 20.1 Å². The highest BCUT2D eigenvalue weighted by Crippen LogP contribution is 2.13. The summed E-state index contributed by atoms with van der Waals surface area (Å²) in [5.74, 6) is 0.702. The lowest BCUT2D eigenvalue weighted by molar-refractivity contribution is -0.120. The molecule has 0 saturated carbocycles. The topological polar surface area (TPSA) is 58.6 Å². The van der Waals surface area contributed by atoms with E-state index in [1.54, 1.807) is 7.11 Å². The van der Waals surface area contributed by atoms with Gasteiger partial charge in [-0.15, -0.1) is 0 Å². The van der Waals surface area contributed by atoms with Crippen LogP contribution in [0.1, 0.15) is 16.7 Å². The molecule has 1 amide bonds. The minimum absolute atomic E-state index is 0.00555. The standard InChI is InChI=1S/C17H19NO3/c1-21-16-7-3-4-13(9-16)10-17(20)18-11-14-5-2-6-15(8-14)12-19/h2-9,19H,10-12H2,1H3,(H,18,20). The van der Waals surface area contributed by atoms with E-state index in [1.165, 1.54) is 0 Å². The molecule has 0 fully saturated rings. The Bertz CT molecular complexity index is 610. The van der Waals surface area contributed by atoms with Crippen molar-refractivity contribution in [1.29, 1.82) is 0 Å². The minimum atomic E-state index is -0.0438. The number of hydrogen-bond acceptors (Lipinski definition) is 3. The van der Waals surface area contributed by atoms with Crippen LogP contribution in [-0.4, -0.2) is 18.1 Å². The van der Waals surface area contributed by atoms with Crippen molar-refractivity contribution >= 4 is 5.91 Å². The lowest BCUT2D eigenvalue weighted by Crippen LogP contribution is -2.24. The van der Waals surface area contributed by atoms with E-state index in [9.17, 15) is 4.79 Å². The lowest BCUT2D eigenvalue weighted by atomic mass is 10.1. The van der Waals surface area contributed by atoms with Gasteiger partial charge in [-0.2, -0.15) is 0 Å². The molecule has 0 aliphatic rings. The first kappa shape index (κ1) is 15.1. The number of benzene rings is 2. The Morgan fingerprint density at radius 2 is 1.81 bits per heavy atom. The number of rotatable bonds is 6. The van der Waals surface area contributed by atoms with E-state index in [0.717, 1.165) is 22.4 Å². The average molecular weight is 285 g/mol. The van der Waals surface area contributed by atoms with E-state index in [4.69, 9.17) is 9.84 Å². The number of amides is 1. The van der Waals surface area contributed by atoms with Crippen molar-refractivity contribution in [2.45, 2.75) is 19.6 Å². The third-order valence-electron chi connectivity index (χ3n) is 3.16. The molecule has 0 atom stereocenters. The molecule has 2 aromatic rings. The van der Waals surface area contributed by atoms with Crippen molar-refractivity contribution in [3.05, 3.63) is 65.2 Å². The van der Waals surface area contributed by atoms with Crippen LogP contribution in [0.15, 0.2) is 48.5 Å². The van der Waals surface area contributed by atoms with Crippen LogP contribution in [0.4, 0.5) is 0 Å². The number of aliphatic hydroxyl groups is 1. The molecule has 2 rings (SSSR count). The second-order valence-electron chi connectivity index (χ2n) is 4.78. The maximum absolute atomic E-state index is 11.9. The van der Waals surface area contributed by atoms with Crippen LogP contribution < -0.4 is 10.1 Å². The number of methoxy groups -OCH3 is 1. The SMILES string of the molecule is COc1cccc(CC(=O)NCc2cccc(CO)c2)c1. The molecule has 0 aromatic heterocycles. The molecule has 0 aliphatic heterocycles. The van der Waals surface area contributed by atoms with Crippen LogP contribution in [-0.2, 0) is 24.4 Å². The molecule has 0 saturated heterocycles. The van der Waals surface area contributed by atoms with E-state index in [2.05, 4.69) is 5.32 Å². The predicted molar refractivity (Wildman–Crippen MR) is 80.9 cm³/mol. The van der Waals surface area contributed by atoms with Crippen LogP contribution in [0.25, 0.3) is 0 Å². The van der Waals surface area contributed by atoms with E-state index in [1.807, 2.05) is 48.5 Å². The molecule has 0 radical (unpaired) electrons. The molecule has 0 aliphatic carbocycles. The van der Waals surface area contributed by atoms with Gasteiger partial charge in [0, 0.05) is 6.54 Å². The number of hydrogen-bond donors (Lipinski definition) is 2. The van der Waals surface area contributed by atoms with Gasteiger partial charge in [0.15, 0.2) is 0 Å². The zero-order valence-corrected chi connectivity index (χ0v) is 12.0. The summed E-state index contributed by atoms with van der Waals surface area (Å²) in [5, 5.41) is 12.0. The number of aliphatic hydroxyl groups excluding tert-OH is 1. The largest absolute Gasteiger partial charge is 0.497 e. The highest BCUT2D eigenvalue weighted by atomic mass is 16.5. The van der Waals surface area contributed by atoms with Crippen molar-refractivity contribution in [3.8, 4) is 5.75 Å². The molecule has 2 N–H and O–H groups in total. The van der Waals surface area contributed by atoms with E-state index >= 15 is 0 Å². The summed E-state index contributed by atoms with van der Waals surface area (Å²) in [7, 11) is 1.60. The fourth-order valence-corrected chi connectivity index (χ4v) is 2.07. The lowest BCUT2D eigenvalue weighted by Gasteiger charge is -2.07. The van der Waals surface area contributed by atoms with Crippen molar-refractivity contribution in [2.24, 2.45) is 0 Å². The minimum Gasteiger partial charge on any atom is -0.497 e. The third kappa shape index (κ3) is 4.61. The predicted octanol–water partition coefficient (Wildman–Crippen LogP) is 2.05. The van der Waals surface area contributed by atoms with Crippen molar-refractivity contribution < 1.29 is 14.6 Å². The van der Waals surface area contributed by atoms with Crippen molar-refractivity contribution in [1.82, 2.24) is 5.32 Å². The van der Waals surface area contributed by atoms with Crippen LogP contribution >= 0.6 is 0 Å². The average Bonchev–Trinajstić information content (AvgIpc) is 2.53. The van der Waals surface area contributed by atoms with Crippen molar-refractivity contribution in [2.75, 3.05) is 7.11 Å². The summed E-state index contributed by atoms with van der Waals surface area (Å²) >= 11 is 0. The Morgan fingerprint density at radius 3 is 2.57 bits per heavy atom. The summed E-state index contributed by atoms with van der Waals surface area (Å²) in [6.45, 7) is 0.461. The highest BCUT2D eigenvalue weighted by Gasteiger charge is 2.04. The van der Waals surface area contributed by atoms with Gasteiger partial charge in [0.1, 0.15) is 5.75 Å². The molecule has 21 heavy (non-hydrogen) atoms. The van der Waals surface area contributed by atoms with Gasteiger partial charge in [-0.25, -0.2) is 0 Å². The van der Waals surface area contributed by atoms with Crippen LogP contribution in [0, 0.1) is 0 Å². The van der Waals surface area contributed by atoms with Crippen molar-refractivity contribution in [3.63, 3.8) is 0 Å². The van der Waals surface area contributed by atoms with Gasteiger partial charge in [-0.1, -0.05) is 36.4 Å². The Hall–Kier alpha value is -2.33. The number of nitrogens with one attached hydrogen (secondary N) is 1. The monoisotopic (exact) mass is 285 g/mol. The van der Waals surface area contributed by atoms with Gasteiger partial charge >= 0.3 is 0 Å². The molecule has 0 bridgehead atoms. The van der Waals surface area contributed by atoms with Gasteiger partial charge in [0.2, 0.25) is 5.91 Å². The maximum Gasteiger partial charge on any atom is 0.224 e. The second kappa shape index (κ2) is 7.45. The summed E-state index contributed by atoms with van der Waals surface area (Å²) in [6.07, 6.45) is 0.316. The fourth-order valence-electron chi connectivity index (χ4n) is 2.07. The maximum atomic E-state index is 11.9. The molecule has 4 nitrogen and oxygen atoms in total. The summed E-state index contributed by atoms with van der Waals surface area (Å²) < 4.78 is 5.14. The molecular formula is C17H19NO3. The molecule has 0 heterocycles. The third-order valence-corrected chi connectivity index (χ3v) is 3.16. The first-order valence-corrected chi connectivity index (χ1v) is 6.79. The normalized spacial score (nSPS) is 10.2. The number of ether oxygens (including phenoxy) is 1. The van der Waals surface area contributed by atoms with Crippen LogP contribution in [0.3, 0.4) is 0 Å². The zero-order valence-electron chi connectivity index (χ0n) is 12.0. The van der Waals surface area contributed by atoms with Gasteiger partial charge in [-0.05, 0) is 28.8 Å². The van der Waals surface area contributed by atoms with Crippen LogP contribution in [0.5, 0.6) is 5.75 Å². The van der Waals surface area contributed by atoms with E-state index in [-0.39, 0.29) is 12.5 Å². The van der Waals surface area contributed by atoms with Gasteiger partial charge in [0.25, 0.3) is 0 Å². The molecule has 110 valence electrons. The summed E-state index contributed by atoms with van der Waals surface area (Å²) in [5.41, 5.74) is 2.73. The van der Waals surface area contributed by atoms with Gasteiger partial charge in [-0.3, -0.25) is 4.79 Å². The quantitative estimate of drug-likeness (QED) is 0.854. The summed E-state index contributed by atoms with van der Waals surface area (Å²) in [4.78, 5) is 11.9. The molecule has 4 heteroatoms. The Morgan fingerprint density at radius 1 is 1.10 bits per heavy atom. The fraction of sp³-hybridized carbons (Fsp3) is 0.235. The van der Waals surface area contributed by atoms with E-state index in [0.29, 0.717) is 13.0 Å². The Labute approximate surface area is 124 Å². The van der Waals surface area contributed by atoms with Gasteiger partial charge < -0.3 is 15.2 Å². The van der Waals surface area contributed by atoms with Crippen LogP contribution in [0.2, 0.25) is 0 Å². The molecule has 0 spiro atoms. The Balaban J connectivity index is 1.89. The zero-order chi connectivity index (χ0) is 15.1. The molecule has 2 aromatic carbocycles. The molecule has 0 unspecified atom stereocenters. The number of carbonyl (C=O) groups excluding carboxylic acids is 1.